The molecule has 204 valence electrons. The molecule has 3 fully saturated rings. The van der Waals surface area contributed by atoms with Gasteiger partial charge in [0.2, 0.25) is 0 Å². The first-order valence-electron chi connectivity index (χ1n) is 13.9. The van der Waals surface area contributed by atoms with Crippen molar-refractivity contribution in [1.82, 2.24) is 19.2 Å². The molecule has 0 bridgehead atoms. The van der Waals surface area contributed by atoms with Gasteiger partial charge in [-0.3, -0.25) is 0 Å². The topological polar surface area (TPSA) is 61.8 Å². The third-order valence-corrected chi connectivity index (χ3v) is 7.39. The number of aromatic nitrogens is 2. The normalized spacial score (nSPS) is 18.8. The van der Waals surface area contributed by atoms with Crippen LogP contribution in [0.3, 0.4) is 0 Å². The molecule has 7 heteroatoms. The Morgan fingerprint density at radius 2 is 1.46 bits per heavy atom. The monoisotopic (exact) mass is 564 g/mol. The summed E-state index contributed by atoms with van der Waals surface area (Å²) in [6.45, 7) is 10.8. The molecule has 3 N–H and O–H groups in total. The van der Waals surface area contributed by atoms with Crippen molar-refractivity contribution in [1.29, 1.82) is 0 Å². The Hall–Kier alpha value is -1.63. The van der Waals surface area contributed by atoms with Crippen LogP contribution in [-0.2, 0) is 17.1 Å². The van der Waals surface area contributed by atoms with E-state index in [2.05, 4.69) is 82.6 Å². The molecule has 6 nitrogen and oxygen atoms in total. The average Bonchev–Trinajstić information content (AvgIpc) is 3.74. The number of nitrogens with two attached hydrogens (primary N) is 1. The Bertz CT molecular complexity index is 1130. The van der Waals surface area contributed by atoms with Gasteiger partial charge in [0, 0.05) is 44.8 Å². The second kappa shape index (κ2) is 15.4. The molecule has 2 saturated carbocycles. The quantitative estimate of drug-likeness (QED) is 0.299. The summed E-state index contributed by atoms with van der Waals surface area (Å²) < 4.78 is 2.31. The Balaban J connectivity index is 0.000000530. The van der Waals surface area contributed by atoms with Gasteiger partial charge in [0.1, 0.15) is 0 Å². The zero-order valence-corrected chi connectivity index (χ0v) is 24.0. The molecule has 0 unspecified atom stereocenters. The van der Waals surface area contributed by atoms with E-state index < -0.39 is 0 Å². The van der Waals surface area contributed by atoms with Crippen LogP contribution in [0.25, 0.3) is 16.6 Å². The van der Waals surface area contributed by atoms with Crippen LogP contribution in [0.15, 0.2) is 30.5 Å². The van der Waals surface area contributed by atoms with Gasteiger partial charge in [-0.25, -0.2) is 4.98 Å². The fourth-order valence-electron chi connectivity index (χ4n) is 5.40. The molecule has 3 aromatic rings. The Morgan fingerprint density at radius 3 is 2.10 bits per heavy atom. The van der Waals surface area contributed by atoms with Gasteiger partial charge in [0.05, 0.1) is 16.6 Å². The van der Waals surface area contributed by atoms with Crippen LogP contribution in [0.1, 0.15) is 24.0 Å². The first-order valence-corrected chi connectivity index (χ1v) is 13.9. The summed E-state index contributed by atoms with van der Waals surface area (Å²) in [7, 11) is 0. The summed E-state index contributed by atoms with van der Waals surface area (Å²) >= 11 is 0. The van der Waals surface area contributed by atoms with Crippen molar-refractivity contribution < 1.29 is 17.1 Å². The number of anilines is 1. The number of rotatable bonds is 9. The zero-order valence-electron chi connectivity index (χ0n) is 22.9. The van der Waals surface area contributed by atoms with Crippen LogP contribution >= 0.6 is 0 Å². The molecule has 3 aliphatic rings. The smallest absolute Gasteiger partial charge is 0.368 e. The van der Waals surface area contributed by atoms with Crippen molar-refractivity contribution in [2.45, 2.75) is 19.8 Å². The first-order chi connectivity index (χ1) is 18.7. The van der Waals surface area contributed by atoms with Gasteiger partial charge in [0.15, 0.2) is 5.82 Å². The predicted octanol–water partition coefficient (Wildman–Crippen LogP) is 4.34. The number of hydrogen-bond donors (Lipinski definition) is 2. The second-order valence-electron chi connectivity index (χ2n) is 10.1. The standard InChI is InChI=1S/C27H35N6.C5H5.Fe/c1-21-20-33-24-11-5-4-10-23(24)30-27(26(33)25(21)22-8-2-3-9-22)29-13-7-15-32-18-16-31(17-19-32)14-6-12-28;1-2-4-5-3-1;/h2-5,8-11,20H,6-7,12-19,28H2,1H3,(H,29,30);1-5H;/q;;+2. The van der Waals surface area contributed by atoms with E-state index in [4.69, 9.17) is 10.7 Å². The van der Waals surface area contributed by atoms with E-state index in [1.54, 1.807) is 0 Å². The Labute approximate surface area is 246 Å². The molecular formula is C32H40FeN6+2. The molecule has 0 atom stereocenters. The van der Waals surface area contributed by atoms with Gasteiger partial charge in [-0.1, -0.05) is 12.1 Å². The summed E-state index contributed by atoms with van der Waals surface area (Å²) in [4.78, 5) is 10.2. The molecule has 1 aromatic carbocycles. The molecule has 39 heavy (non-hydrogen) atoms. The van der Waals surface area contributed by atoms with E-state index in [9.17, 15) is 0 Å². The van der Waals surface area contributed by atoms with Gasteiger partial charge < -0.3 is 25.3 Å². The van der Waals surface area contributed by atoms with E-state index in [0.717, 1.165) is 82.1 Å². The predicted molar refractivity (Wildman–Crippen MR) is 158 cm³/mol. The maximum atomic E-state index is 5.65. The number of piperazine rings is 1. The third-order valence-electron chi connectivity index (χ3n) is 7.39. The molecule has 1 saturated heterocycles. The molecule has 0 spiro atoms. The fraction of sp³-hybridized carbons (Fsp3) is 0.344. The summed E-state index contributed by atoms with van der Waals surface area (Å²) in [5, 5.41) is 3.69. The number of para-hydroxylation sites is 2. The molecule has 2 aliphatic carbocycles. The van der Waals surface area contributed by atoms with Crippen LogP contribution in [0.5, 0.6) is 0 Å². The number of nitrogens with one attached hydrogen (secondary N) is 1. The van der Waals surface area contributed by atoms with Crippen LogP contribution in [0, 0.1) is 70.6 Å². The number of aryl methyl sites for hydroxylation is 1. The van der Waals surface area contributed by atoms with Crippen molar-refractivity contribution in [2.75, 3.05) is 57.7 Å². The minimum atomic E-state index is 0. The summed E-state index contributed by atoms with van der Waals surface area (Å²) in [6.07, 6.45) is 23.0. The summed E-state index contributed by atoms with van der Waals surface area (Å²) in [5.41, 5.74) is 11.5. The van der Waals surface area contributed by atoms with E-state index >= 15 is 0 Å². The maximum absolute atomic E-state index is 5.65. The molecular weight excluding hydrogens is 524 g/mol. The van der Waals surface area contributed by atoms with E-state index in [-0.39, 0.29) is 17.1 Å². The molecule has 6 rings (SSSR count). The van der Waals surface area contributed by atoms with Crippen LogP contribution in [0.2, 0.25) is 0 Å². The van der Waals surface area contributed by atoms with E-state index in [1.807, 2.05) is 32.1 Å². The largest absolute Gasteiger partial charge is 2.00 e. The maximum Gasteiger partial charge on any atom is 2.00 e. The molecule has 3 heterocycles. The second-order valence-corrected chi connectivity index (χ2v) is 10.1. The Kier molecular flexibility index (Phi) is 12.0. The molecule has 10 radical (unpaired) electrons. The number of hydrogen-bond acceptors (Lipinski definition) is 5. The van der Waals surface area contributed by atoms with Gasteiger partial charge in [-0.2, -0.15) is 0 Å². The van der Waals surface area contributed by atoms with Crippen molar-refractivity contribution in [2.24, 2.45) is 5.73 Å². The van der Waals surface area contributed by atoms with E-state index in [1.165, 1.54) is 22.6 Å². The number of nitrogens with zero attached hydrogens (tertiary/aromatic N) is 4. The van der Waals surface area contributed by atoms with Crippen LogP contribution in [-0.4, -0.2) is 71.5 Å². The SMILES string of the molecule is Cc1cn2c(c(NCCCN3CCN(CCCN)CC3)nc3ccccc32)c1[C]1[CH][CH][CH][CH]1.[CH]1[CH][CH][CH][CH]1.[Fe+2]. The molecule has 0 amide bonds. The van der Waals surface area contributed by atoms with Crippen molar-refractivity contribution in [3.05, 3.63) is 105 Å². The van der Waals surface area contributed by atoms with Crippen molar-refractivity contribution in [3.63, 3.8) is 0 Å². The van der Waals surface area contributed by atoms with Crippen LogP contribution < -0.4 is 11.1 Å². The number of benzene rings is 1. The fourth-order valence-corrected chi connectivity index (χ4v) is 5.40. The molecule has 2 aromatic heterocycles. The van der Waals surface area contributed by atoms with Gasteiger partial charge in [0.25, 0.3) is 0 Å². The van der Waals surface area contributed by atoms with Crippen molar-refractivity contribution in [3.8, 4) is 0 Å². The summed E-state index contributed by atoms with van der Waals surface area (Å²) in [6, 6.07) is 8.40. The number of fused-ring (bicyclic) bond motifs is 3. The zero-order chi connectivity index (χ0) is 26.2. The van der Waals surface area contributed by atoms with Gasteiger partial charge >= 0.3 is 17.1 Å². The van der Waals surface area contributed by atoms with Gasteiger partial charge in [-0.05, 0) is 120 Å². The summed E-state index contributed by atoms with van der Waals surface area (Å²) in [5.74, 6) is 2.23. The van der Waals surface area contributed by atoms with Crippen LogP contribution in [0.4, 0.5) is 5.82 Å². The minimum Gasteiger partial charge on any atom is -0.368 e. The third kappa shape index (κ3) is 7.77. The average molecular weight is 565 g/mol. The molecule has 1 aliphatic heterocycles. The Morgan fingerprint density at radius 1 is 0.846 bits per heavy atom. The van der Waals surface area contributed by atoms with Crippen molar-refractivity contribution >= 4 is 22.4 Å². The van der Waals surface area contributed by atoms with Gasteiger partial charge in [-0.15, -0.1) is 0 Å². The minimum absolute atomic E-state index is 0. The van der Waals surface area contributed by atoms with E-state index in [0.29, 0.717) is 0 Å². The first kappa shape index (κ1) is 30.3.